The highest BCUT2D eigenvalue weighted by Gasteiger charge is 2.66. The quantitative estimate of drug-likeness (QED) is 0.129. The summed E-state index contributed by atoms with van der Waals surface area (Å²) in [7, 11) is -3.05. The predicted octanol–water partition coefficient (Wildman–Crippen LogP) is 3.74. The minimum absolute atomic E-state index is 0.0161. The van der Waals surface area contributed by atoms with Crippen LogP contribution in [0.3, 0.4) is 0 Å². The van der Waals surface area contributed by atoms with Crippen LogP contribution in [0.1, 0.15) is 57.1 Å². The van der Waals surface area contributed by atoms with Crippen molar-refractivity contribution >= 4 is 43.1 Å². The number of carbonyl (C=O) groups is 3. The van der Waals surface area contributed by atoms with Gasteiger partial charge in [-0.3, -0.25) is 19.3 Å². The largest absolute Gasteiger partial charge is 0.494 e. The molecule has 2 aromatic rings. The predicted molar refractivity (Wildman–Crippen MR) is 201 cm³/mol. The summed E-state index contributed by atoms with van der Waals surface area (Å²) in [5.74, 6) is -0.371. The summed E-state index contributed by atoms with van der Waals surface area (Å²) in [6.07, 6.45) is 4.26. The van der Waals surface area contributed by atoms with Gasteiger partial charge in [0.1, 0.15) is 5.75 Å². The Labute approximate surface area is 307 Å². The smallest absolute Gasteiger partial charge is 0.264 e. The summed E-state index contributed by atoms with van der Waals surface area (Å²) in [5.41, 5.74) is 1.48. The highest BCUT2D eigenvalue weighted by Crippen LogP contribution is 2.60. The molecule has 6 rings (SSSR count). The molecule has 4 N–H and O–H groups in total. The fourth-order valence-electron chi connectivity index (χ4n) is 9.08. The monoisotopic (exact) mass is 734 g/mol. The van der Waals surface area contributed by atoms with Crippen molar-refractivity contribution in [2.75, 3.05) is 49.3 Å². The van der Waals surface area contributed by atoms with E-state index >= 15 is 0 Å². The first-order chi connectivity index (χ1) is 24.9. The Balaban J connectivity index is 1.43. The molecule has 12 nitrogen and oxygen atoms in total. The number of benzene rings is 2. The molecule has 282 valence electrons. The van der Waals surface area contributed by atoms with Gasteiger partial charge in [0.15, 0.2) is 13.9 Å². The van der Waals surface area contributed by atoms with Gasteiger partial charge in [-0.05, 0) is 101 Å². The van der Waals surface area contributed by atoms with Gasteiger partial charge >= 0.3 is 0 Å². The van der Waals surface area contributed by atoms with Crippen LogP contribution in [0, 0.1) is 5.92 Å². The first-order valence-corrected chi connectivity index (χ1v) is 21.7. The minimum Gasteiger partial charge on any atom is -0.494 e. The normalized spacial score (nSPS) is 27.1. The number of anilines is 3. The van der Waals surface area contributed by atoms with E-state index in [1.54, 1.807) is 20.8 Å². The van der Waals surface area contributed by atoms with E-state index in [1.165, 1.54) is 0 Å². The molecule has 0 saturated carbocycles. The lowest BCUT2D eigenvalue weighted by atomic mass is 9.82. The van der Waals surface area contributed by atoms with E-state index < -0.39 is 37.5 Å². The second kappa shape index (κ2) is 15.4. The van der Waals surface area contributed by atoms with E-state index in [0.717, 1.165) is 30.5 Å². The van der Waals surface area contributed by atoms with Gasteiger partial charge in [0.25, 0.3) is 5.91 Å². The second-order valence-corrected chi connectivity index (χ2v) is 19.0. The van der Waals surface area contributed by atoms with Gasteiger partial charge in [0, 0.05) is 42.4 Å². The number of hydrogen-bond acceptors (Lipinski definition) is 9. The van der Waals surface area contributed by atoms with Gasteiger partial charge in [0.2, 0.25) is 11.8 Å². The number of aliphatic hydroxyl groups excluding tert-OH is 2. The van der Waals surface area contributed by atoms with Crippen molar-refractivity contribution < 1.29 is 38.9 Å². The lowest BCUT2D eigenvalue weighted by molar-refractivity contribution is -0.149. The number of ether oxygens (including phenoxy) is 2. The number of nitrogens with zero attached hydrogens (tertiary/aromatic N) is 3. The molecule has 1 spiro atoms. The van der Waals surface area contributed by atoms with Gasteiger partial charge in [-0.15, -0.1) is 6.58 Å². The lowest BCUT2D eigenvalue weighted by Crippen LogP contribution is -2.49. The molecule has 2 saturated heterocycles. The van der Waals surface area contributed by atoms with Crippen molar-refractivity contribution in [1.29, 1.82) is 0 Å². The molecular weight excluding hydrogens is 681 g/mol. The average Bonchev–Trinajstić information content (AvgIpc) is 3.77. The number of aliphatic hydroxyl groups is 2. The molecule has 2 fully saturated rings. The molecule has 6 atom stereocenters. The van der Waals surface area contributed by atoms with Crippen molar-refractivity contribution in [3.63, 3.8) is 0 Å². The maximum absolute atomic E-state index is 14.8. The fourth-order valence-corrected chi connectivity index (χ4v) is 11.6. The zero-order valence-corrected chi connectivity index (χ0v) is 31.8. The van der Waals surface area contributed by atoms with E-state index in [4.69, 9.17) is 9.47 Å². The van der Waals surface area contributed by atoms with E-state index in [2.05, 4.69) is 11.9 Å². The number of rotatable bonds is 14. The maximum atomic E-state index is 14.8. The number of likely N-dealkylation sites (tertiary alicyclic amines) is 1. The average molecular weight is 735 g/mol. The third-order valence-electron chi connectivity index (χ3n) is 11.3. The summed E-state index contributed by atoms with van der Waals surface area (Å²) < 4.78 is 12.8. The first kappa shape index (κ1) is 38.1. The van der Waals surface area contributed by atoms with Gasteiger partial charge in [-0.2, -0.15) is 0 Å². The Morgan fingerprint density at radius 2 is 1.92 bits per heavy atom. The highest BCUT2D eigenvalue weighted by atomic mass is 28.4. The molecule has 4 aliphatic rings. The van der Waals surface area contributed by atoms with Crippen LogP contribution in [0.25, 0.3) is 0 Å². The van der Waals surface area contributed by atoms with E-state index in [1.807, 2.05) is 63.3 Å². The SMILES string of the molecule is C=CCN1C(=O)[C@]2(O[C@H](CC(=O)N3CCC[C@H]3CO)[C@@H]([Si](C)(C)O)[C@@H]2C)c2cc(N3C(=O)C(NCCCCO)Cc4cc(OCC)ccc43)ccc21. The maximum Gasteiger partial charge on any atom is 0.264 e. The minimum atomic E-state index is -3.05. The Kier molecular flexibility index (Phi) is 11.3. The van der Waals surface area contributed by atoms with Crippen LogP contribution < -0.4 is 19.9 Å². The summed E-state index contributed by atoms with van der Waals surface area (Å²) in [4.78, 5) is 59.7. The second-order valence-electron chi connectivity index (χ2n) is 15.1. The Morgan fingerprint density at radius 1 is 1.15 bits per heavy atom. The topological polar surface area (TPSA) is 152 Å². The Bertz CT molecular complexity index is 1680. The number of nitrogens with one attached hydrogen (secondary N) is 1. The molecule has 1 unspecified atom stereocenters. The molecule has 0 aliphatic carbocycles. The number of carbonyl (C=O) groups excluding carboxylic acids is 3. The van der Waals surface area contributed by atoms with E-state index in [-0.39, 0.29) is 49.9 Å². The summed E-state index contributed by atoms with van der Waals surface area (Å²) in [5, 5.41) is 22.6. The molecular formula is C39H54N4O8Si. The van der Waals surface area contributed by atoms with Crippen LogP contribution >= 0.6 is 0 Å². The van der Waals surface area contributed by atoms with Crippen LogP contribution in [0.15, 0.2) is 49.1 Å². The fraction of sp³-hybridized carbons (Fsp3) is 0.564. The van der Waals surface area contributed by atoms with Crippen LogP contribution in [0.5, 0.6) is 5.75 Å². The van der Waals surface area contributed by atoms with Crippen molar-refractivity contribution in [2.24, 2.45) is 5.92 Å². The number of amides is 3. The Morgan fingerprint density at radius 3 is 2.62 bits per heavy atom. The molecule has 4 aliphatic heterocycles. The van der Waals surface area contributed by atoms with Crippen LogP contribution in [0.2, 0.25) is 18.6 Å². The van der Waals surface area contributed by atoms with Crippen LogP contribution in [0.4, 0.5) is 17.1 Å². The van der Waals surface area contributed by atoms with Gasteiger partial charge < -0.3 is 39.6 Å². The van der Waals surface area contributed by atoms with Crippen molar-refractivity contribution in [3.8, 4) is 5.75 Å². The van der Waals surface area contributed by atoms with E-state index in [0.29, 0.717) is 55.2 Å². The van der Waals surface area contributed by atoms with E-state index in [9.17, 15) is 29.4 Å². The van der Waals surface area contributed by atoms with Crippen molar-refractivity contribution in [1.82, 2.24) is 10.2 Å². The zero-order valence-electron chi connectivity index (χ0n) is 30.8. The molecule has 0 radical (unpaired) electrons. The molecule has 3 amide bonds. The molecule has 52 heavy (non-hydrogen) atoms. The van der Waals surface area contributed by atoms with Crippen LogP contribution in [-0.2, 0) is 31.1 Å². The van der Waals surface area contributed by atoms with Gasteiger partial charge in [-0.1, -0.05) is 13.0 Å². The molecule has 13 heteroatoms. The third-order valence-corrected chi connectivity index (χ3v) is 13.8. The van der Waals surface area contributed by atoms with Gasteiger partial charge in [0.05, 0.1) is 49.2 Å². The number of fused-ring (bicyclic) bond motifs is 3. The van der Waals surface area contributed by atoms with Crippen molar-refractivity contribution in [2.45, 2.75) is 94.8 Å². The molecule has 0 bridgehead atoms. The third kappa shape index (κ3) is 6.71. The highest BCUT2D eigenvalue weighted by molar-refractivity contribution is 6.71. The molecule has 4 heterocycles. The summed E-state index contributed by atoms with van der Waals surface area (Å²) in [6, 6.07) is 10.5. The standard InChI is InChI=1S/C39H54N4O8Si/c1-6-17-42-33-14-12-27(43-32-15-13-29(50-7-2)20-26(32)21-31(37(43)47)40-16-8-9-19-44)22-30(33)39(38(42)48)25(3)36(52(4,5)49)34(51-39)23-35(46)41-18-10-11-28(41)24-45/h6,12-15,20,22,25,28,31,34,36,40,44-45,49H,1,7-11,16-19,21,23-24H2,2-5H3/t25-,28-,31?,34+,36-,39+/m0/s1. The van der Waals surface area contributed by atoms with Crippen LogP contribution in [-0.4, -0.2) is 104 Å². The first-order valence-electron chi connectivity index (χ1n) is 18.7. The zero-order chi connectivity index (χ0) is 37.4. The summed E-state index contributed by atoms with van der Waals surface area (Å²) >= 11 is 0. The lowest BCUT2D eigenvalue weighted by Gasteiger charge is -2.36. The summed E-state index contributed by atoms with van der Waals surface area (Å²) in [6.45, 7) is 13.2. The molecule has 0 aromatic heterocycles. The Hall–Kier alpha value is -3.59. The molecule has 2 aromatic carbocycles. The number of unbranched alkanes of at least 4 members (excludes halogenated alkanes) is 1. The number of hydrogen-bond donors (Lipinski definition) is 4. The van der Waals surface area contributed by atoms with Crippen molar-refractivity contribution in [3.05, 3.63) is 60.2 Å². The van der Waals surface area contributed by atoms with Gasteiger partial charge in [-0.25, -0.2) is 0 Å².